The molecule has 0 spiro atoms. The number of hydrogen-bond donors (Lipinski definition) is 1. The molecule has 1 fully saturated rings. The van der Waals surface area contributed by atoms with Gasteiger partial charge >= 0.3 is 0 Å². The van der Waals surface area contributed by atoms with E-state index in [4.69, 9.17) is 11.6 Å². The first-order valence-corrected chi connectivity index (χ1v) is 8.12. The zero-order chi connectivity index (χ0) is 17.3. The van der Waals surface area contributed by atoms with Crippen LogP contribution in [0.4, 0.5) is 9.18 Å². The van der Waals surface area contributed by atoms with Gasteiger partial charge in [0, 0.05) is 5.02 Å². The van der Waals surface area contributed by atoms with Gasteiger partial charge in [0.2, 0.25) is 0 Å². The zero-order valence-corrected chi connectivity index (χ0v) is 13.8. The molecule has 0 radical (unpaired) electrons. The van der Waals surface area contributed by atoms with Crippen molar-refractivity contribution in [2.45, 2.75) is 6.54 Å². The summed E-state index contributed by atoms with van der Waals surface area (Å²) in [7, 11) is 0. The number of amides is 2. The van der Waals surface area contributed by atoms with Crippen molar-refractivity contribution in [1.82, 2.24) is 4.90 Å². The van der Waals surface area contributed by atoms with Crippen molar-refractivity contribution >= 4 is 40.6 Å². The number of halogens is 2. The third-order valence-corrected chi connectivity index (χ3v) is 4.64. The van der Waals surface area contributed by atoms with E-state index < -0.39 is 17.0 Å². The summed E-state index contributed by atoms with van der Waals surface area (Å²) in [6.45, 7) is -0.0266. The second-order valence-electron chi connectivity index (χ2n) is 5.10. The third kappa shape index (κ3) is 3.44. The molecule has 2 aromatic carbocycles. The molecule has 122 valence electrons. The summed E-state index contributed by atoms with van der Waals surface area (Å²) in [5.41, 5.74) is 1.10. The fraction of sp³-hybridized carbons (Fsp3) is 0.0588. The van der Waals surface area contributed by atoms with Gasteiger partial charge in [0.05, 0.1) is 11.4 Å². The van der Waals surface area contributed by atoms with Crippen molar-refractivity contribution < 1.29 is 19.1 Å². The van der Waals surface area contributed by atoms with E-state index in [0.29, 0.717) is 11.1 Å². The molecule has 7 heteroatoms. The van der Waals surface area contributed by atoms with E-state index in [1.807, 2.05) is 0 Å². The van der Waals surface area contributed by atoms with Gasteiger partial charge in [-0.25, -0.2) is 4.39 Å². The van der Waals surface area contributed by atoms with Crippen molar-refractivity contribution in [3.05, 3.63) is 69.3 Å². The maximum absolute atomic E-state index is 13.1. The van der Waals surface area contributed by atoms with Crippen LogP contribution in [-0.4, -0.2) is 21.2 Å². The van der Waals surface area contributed by atoms with Gasteiger partial charge < -0.3 is 5.11 Å². The Morgan fingerprint density at radius 2 is 2.00 bits per heavy atom. The number of hydrogen-bond acceptors (Lipinski definition) is 4. The van der Waals surface area contributed by atoms with Crippen molar-refractivity contribution in [1.29, 1.82) is 0 Å². The predicted octanol–water partition coefficient (Wildman–Crippen LogP) is 4.42. The first-order chi connectivity index (χ1) is 11.4. The second-order valence-corrected chi connectivity index (χ2v) is 6.50. The van der Waals surface area contributed by atoms with Gasteiger partial charge in [0.1, 0.15) is 11.6 Å². The molecule has 3 rings (SSSR count). The highest BCUT2D eigenvalue weighted by molar-refractivity contribution is 8.18. The molecule has 0 bridgehead atoms. The fourth-order valence-corrected chi connectivity index (χ4v) is 3.29. The summed E-state index contributed by atoms with van der Waals surface area (Å²) in [5, 5.41) is 9.20. The maximum Gasteiger partial charge on any atom is 0.293 e. The monoisotopic (exact) mass is 363 g/mol. The number of nitrogens with zero attached hydrogens (tertiary/aromatic N) is 1. The molecule has 0 atom stereocenters. The highest BCUT2D eigenvalue weighted by Crippen LogP contribution is 2.34. The smallest absolute Gasteiger partial charge is 0.293 e. The highest BCUT2D eigenvalue weighted by atomic mass is 35.5. The second kappa shape index (κ2) is 6.67. The first kappa shape index (κ1) is 16.5. The number of thioether (sulfide) groups is 1. The van der Waals surface area contributed by atoms with Gasteiger partial charge in [-0.05, 0) is 53.2 Å². The molecular weight excluding hydrogens is 353 g/mol. The van der Waals surface area contributed by atoms with Crippen LogP contribution in [0, 0.1) is 5.82 Å². The lowest BCUT2D eigenvalue weighted by atomic mass is 10.2. The fourth-order valence-electron chi connectivity index (χ4n) is 2.22. The first-order valence-electron chi connectivity index (χ1n) is 6.92. The van der Waals surface area contributed by atoms with E-state index in [0.717, 1.165) is 22.7 Å². The van der Waals surface area contributed by atoms with Gasteiger partial charge in [0.25, 0.3) is 11.1 Å². The number of carbonyl (C=O) groups excluding carboxylic acids is 2. The van der Waals surface area contributed by atoms with E-state index in [-0.39, 0.29) is 22.2 Å². The molecule has 2 amide bonds. The Bertz CT molecular complexity index is 869. The minimum absolute atomic E-state index is 0.0266. The van der Waals surface area contributed by atoms with Crippen LogP contribution in [0.1, 0.15) is 11.1 Å². The lowest BCUT2D eigenvalue weighted by Gasteiger charge is -2.13. The Morgan fingerprint density at radius 1 is 1.21 bits per heavy atom. The Labute approximate surface area is 146 Å². The van der Waals surface area contributed by atoms with Crippen LogP contribution < -0.4 is 0 Å². The predicted molar refractivity (Wildman–Crippen MR) is 91.0 cm³/mol. The topological polar surface area (TPSA) is 57.6 Å². The molecule has 1 saturated heterocycles. The quantitative estimate of drug-likeness (QED) is 0.820. The van der Waals surface area contributed by atoms with Crippen LogP contribution in [0.15, 0.2) is 47.4 Å². The summed E-state index contributed by atoms with van der Waals surface area (Å²) in [5.74, 6) is -0.864. The van der Waals surface area contributed by atoms with Crippen molar-refractivity contribution in [2.75, 3.05) is 0 Å². The van der Waals surface area contributed by atoms with Crippen LogP contribution in [0.5, 0.6) is 5.75 Å². The van der Waals surface area contributed by atoms with Crippen molar-refractivity contribution in [3.8, 4) is 5.75 Å². The van der Waals surface area contributed by atoms with Crippen LogP contribution in [0.25, 0.3) is 6.08 Å². The third-order valence-electron chi connectivity index (χ3n) is 3.39. The standard InChI is InChI=1S/C17H11ClFNO3S/c18-14-8-12(19)5-4-11(14)9-20-16(22)15(24-17(20)23)7-10-2-1-3-13(21)6-10/h1-8,21H,9H2/b15-7-. The molecule has 0 saturated carbocycles. The van der Waals surface area contributed by atoms with E-state index in [1.54, 1.807) is 12.1 Å². The summed E-state index contributed by atoms with van der Waals surface area (Å²) in [6.07, 6.45) is 1.54. The molecule has 24 heavy (non-hydrogen) atoms. The molecule has 0 aliphatic carbocycles. The Balaban J connectivity index is 1.84. The number of imide groups is 1. The molecule has 1 N–H and O–H groups in total. The molecule has 0 unspecified atom stereocenters. The summed E-state index contributed by atoms with van der Waals surface area (Å²) < 4.78 is 13.1. The van der Waals surface area contributed by atoms with Gasteiger partial charge in [-0.1, -0.05) is 29.8 Å². The number of aromatic hydroxyl groups is 1. The molecule has 2 aromatic rings. The number of rotatable bonds is 3. The molecule has 1 aliphatic heterocycles. The normalized spacial score (nSPS) is 16.2. The Hall–Kier alpha value is -2.31. The van der Waals surface area contributed by atoms with Crippen LogP contribution in [-0.2, 0) is 11.3 Å². The SMILES string of the molecule is O=C1S/C(=C\c2cccc(O)c2)C(=O)N1Cc1ccc(F)cc1Cl. The van der Waals surface area contributed by atoms with Gasteiger partial charge in [-0.15, -0.1) is 0 Å². The van der Waals surface area contributed by atoms with Gasteiger partial charge in [-0.3, -0.25) is 14.5 Å². The minimum atomic E-state index is -0.485. The van der Waals surface area contributed by atoms with Gasteiger partial charge in [0.15, 0.2) is 0 Å². The number of phenolic OH excluding ortho intramolecular Hbond substituents is 1. The molecule has 1 heterocycles. The van der Waals surface area contributed by atoms with Gasteiger partial charge in [-0.2, -0.15) is 0 Å². The molecule has 4 nitrogen and oxygen atoms in total. The molecule has 1 aliphatic rings. The summed E-state index contributed by atoms with van der Waals surface area (Å²) >= 11 is 6.76. The summed E-state index contributed by atoms with van der Waals surface area (Å²) in [6, 6.07) is 10.2. The highest BCUT2D eigenvalue weighted by Gasteiger charge is 2.35. The Morgan fingerprint density at radius 3 is 2.71 bits per heavy atom. The summed E-state index contributed by atoms with van der Waals surface area (Å²) in [4.78, 5) is 25.8. The Kier molecular flexibility index (Phi) is 4.59. The number of carbonyl (C=O) groups is 2. The number of phenols is 1. The van der Waals surface area contributed by atoms with Crippen molar-refractivity contribution in [2.24, 2.45) is 0 Å². The van der Waals surface area contributed by atoms with Crippen molar-refractivity contribution in [3.63, 3.8) is 0 Å². The minimum Gasteiger partial charge on any atom is -0.508 e. The van der Waals surface area contributed by atoms with E-state index >= 15 is 0 Å². The lowest BCUT2D eigenvalue weighted by Crippen LogP contribution is -2.27. The van der Waals surface area contributed by atoms with E-state index in [9.17, 15) is 19.1 Å². The molecule has 0 aromatic heterocycles. The average molecular weight is 364 g/mol. The molecular formula is C17H11ClFNO3S. The van der Waals surface area contributed by atoms with Crippen LogP contribution in [0.2, 0.25) is 5.02 Å². The average Bonchev–Trinajstić information content (AvgIpc) is 2.77. The van der Waals surface area contributed by atoms with Crippen LogP contribution >= 0.6 is 23.4 Å². The number of benzene rings is 2. The maximum atomic E-state index is 13.1. The van der Waals surface area contributed by atoms with Crippen LogP contribution in [0.3, 0.4) is 0 Å². The lowest BCUT2D eigenvalue weighted by molar-refractivity contribution is -0.123. The zero-order valence-electron chi connectivity index (χ0n) is 12.2. The largest absolute Gasteiger partial charge is 0.508 e. The van der Waals surface area contributed by atoms with E-state index in [2.05, 4.69) is 0 Å². The van der Waals surface area contributed by atoms with E-state index in [1.165, 1.54) is 30.3 Å².